The van der Waals surface area contributed by atoms with Crippen molar-refractivity contribution in [3.63, 3.8) is 0 Å². The van der Waals surface area contributed by atoms with E-state index >= 15 is 0 Å². The zero-order chi connectivity index (χ0) is 19.9. The van der Waals surface area contributed by atoms with E-state index in [1.165, 1.54) is 18.2 Å². The molecule has 0 aliphatic rings. The first-order valence-corrected chi connectivity index (χ1v) is 10.1. The van der Waals surface area contributed by atoms with Crippen LogP contribution in [0.2, 0.25) is 0 Å². The van der Waals surface area contributed by atoms with Crippen LogP contribution in [0.25, 0.3) is 21.9 Å². The average Bonchev–Trinajstić information content (AvgIpc) is 3.23. The maximum absolute atomic E-state index is 12.6. The SMILES string of the molecule is Cc1c(C(=O)O)oc2ccc(S(=O)(=O)NCCc3coc4ccccc34)cc12. The largest absolute Gasteiger partial charge is 0.475 e. The number of rotatable bonds is 6. The summed E-state index contributed by atoms with van der Waals surface area (Å²) >= 11 is 0. The van der Waals surface area contributed by atoms with Crippen molar-refractivity contribution in [3.8, 4) is 0 Å². The molecule has 4 aromatic rings. The van der Waals surface area contributed by atoms with Crippen LogP contribution < -0.4 is 4.72 Å². The highest BCUT2D eigenvalue weighted by molar-refractivity contribution is 7.89. The van der Waals surface area contributed by atoms with Crippen LogP contribution in [0.5, 0.6) is 0 Å². The number of benzene rings is 2. The monoisotopic (exact) mass is 399 g/mol. The smallest absolute Gasteiger partial charge is 0.372 e. The predicted octanol–water partition coefficient (Wildman–Crippen LogP) is 3.71. The van der Waals surface area contributed by atoms with Gasteiger partial charge in [0, 0.05) is 22.9 Å². The summed E-state index contributed by atoms with van der Waals surface area (Å²) in [5, 5.41) is 10.6. The number of hydrogen-bond acceptors (Lipinski definition) is 5. The minimum Gasteiger partial charge on any atom is -0.475 e. The van der Waals surface area contributed by atoms with E-state index in [9.17, 15) is 13.2 Å². The molecule has 0 amide bonds. The zero-order valence-electron chi connectivity index (χ0n) is 14.9. The van der Waals surface area contributed by atoms with Crippen molar-refractivity contribution in [1.82, 2.24) is 4.72 Å². The molecule has 0 aliphatic heterocycles. The number of nitrogens with one attached hydrogen (secondary N) is 1. The molecule has 7 nitrogen and oxygen atoms in total. The molecule has 8 heteroatoms. The first-order chi connectivity index (χ1) is 13.4. The van der Waals surface area contributed by atoms with Crippen LogP contribution in [0.1, 0.15) is 21.7 Å². The second-order valence-corrected chi connectivity index (χ2v) is 8.19. The standard InChI is InChI=1S/C20H17NO6S/c1-12-16-10-14(6-7-18(16)27-19(12)20(22)23)28(24,25)21-9-8-13-11-26-17-5-3-2-4-15(13)17/h2-7,10-11,21H,8-9H2,1H3,(H,22,23). The van der Waals surface area contributed by atoms with Gasteiger partial charge < -0.3 is 13.9 Å². The number of aryl methyl sites for hydroxylation is 1. The molecule has 0 atom stereocenters. The number of carboxylic acids is 1. The third-order valence-corrected chi connectivity index (χ3v) is 6.12. The highest BCUT2D eigenvalue weighted by atomic mass is 32.2. The molecule has 2 aromatic heterocycles. The second kappa shape index (κ2) is 6.81. The van der Waals surface area contributed by atoms with E-state index in [2.05, 4.69) is 4.72 Å². The lowest BCUT2D eigenvalue weighted by Crippen LogP contribution is -2.25. The van der Waals surface area contributed by atoms with Gasteiger partial charge in [0.2, 0.25) is 15.8 Å². The fraction of sp³-hybridized carbons (Fsp3) is 0.150. The van der Waals surface area contributed by atoms with E-state index in [0.29, 0.717) is 23.0 Å². The third kappa shape index (κ3) is 3.17. The Bertz CT molecular complexity index is 1300. The number of fused-ring (bicyclic) bond motifs is 2. The summed E-state index contributed by atoms with van der Waals surface area (Å²) in [7, 11) is -3.76. The van der Waals surface area contributed by atoms with E-state index < -0.39 is 16.0 Å². The number of aromatic carboxylic acids is 1. The Balaban J connectivity index is 1.54. The summed E-state index contributed by atoms with van der Waals surface area (Å²) in [6, 6.07) is 11.9. The van der Waals surface area contributed by atoms with Gasteiger partial charge in [0.15, 0.2) is 0 Å². The van der Waals surface area contributed by atoms with Crippen LogP contribution in [0.15, 0.2) is 62.5 Å². The van der Waals surface area contributed by atoms with Gasteiger partial charge in [-0.2, -0.15) is 0 Å². The van der Waals surface area contributed by atoms with Gasteiger partial charge in [0.1, 0.15) is 11.2 Å². The molecule has 0 fully saturated rings. The quantitative estimate of drug-likeness (QED) is 0.511. The van der Waals surface area contributed by atoms with E-state index in [1.807, 2.05) is 24.3 Å². The molecule has 4 rings (SSSR count). The Morgan fingerprint density at radius 1 is 1.11 bits per heavy atom. The molecule has 0 spiro atoms. The van der Waals surface area contributed by atoms with Gasteiger partial charge in [-0.05, 0) is 43.2 Å². The van der Waals surface area contributed by atoms with Gasteiger partial charge in [0.05, 0.1) is 11.2 Å². The molecule has 0 saturated carbocycles. The lowest BCUT2D eigenvalue weighted by Gasteiger charge is -2.06. The van der Waals surface area contributed by atoms with Crippen LogP contribution >= 0.6 is 0 Å². The second-order valence-electron chi connectivity index (χ2n) is 6.42. The minimum absolute atomic E-state index is 0.0536. The molecule has 0 bridgehead atoms. The predicted molar refractivity (Wildman–Crippen MR) is 103 cm³/mol. The van der Waals surface area contributed by atoms with Crippen molar-refractivity contribution in [1.29, 1.82) is 0 Å². The van der Waals surface area contributed by atoms with E-state index in [4.69, 9.17) is 13.9 Å². The average molecular weight is 399 g/mol. The fourth-order valence-electron chi connectivity index (χ4n) is 3.20. The summed E-state index contributed by atoms with van der Waals surface area (Å²) in [5.41, 5.74) is 2.41. The Labute approximate surface area is 160 Å². The summed E-state index contributed by atoms with van der Waals surface area (Å²) in [6.07, 6.45) is 2.11. The highest BCUT2D eigenvalue weighted by Gasteiger charge is 2.20. The molecule has 2 heterocycles. The summed E-state index contributed by atoms with van der Waals surface area (Å²) in [6.45, 7) is 1.79. The van der Waals surface area contributed by atoms with Crippen molar-refractivity contribution >= 4 is 37.9 Å². The maximum Gasteiger partial charge on any atom is 0.372 e. The molecule has 0 unspecified atom stereocenters. The van der Waals surface area contributed by atoms with E-state index in [0.717, 1.165) is 16.5 Å². The highest BCUT2D eigenvalue weighted by Crippen LogP contribution is 2.28. The van der Waals surface area contributed by atoms with Crippen molar-refractivity contribution < 1.29 is 27.2 Å². The molecule has 2 aromatic carbocycles. The maximum atomic E-state index is 12.6. The van der Waals surface area contributed by atoms with E-state index in [-0.39, 0.29) is 17.2 Å². The molecule has 0 radical (unpaired) electrons. The van der Waals surface area contributed by atoms with Crippen LogP contribution in [0, 0.1) is 6.92 Å². The van der Waals surface area contributed by atoms with Gasteiger partial charge >= 0.3 is 5.97 Å². The molecule has 144 valence electrons. The van der Waals surface area contributed by atoms with Gasteiger partial charge in [0.25, 0.3) is 0 Å². The molecule has 28 heavy (non-hydrogen) atoms. The van der Waals surface area contributed by atoms with E-state index in [1.54, 1.807) is 13.2 Å². The number of furan rings is 2. The van der Waals surface area contributed by atoms with Crippen molar-refractivity contribution in [2.45, 2.75) is 18.2 Å². The molecular formula is C20H17NO6S. The summed E-state index contributed by atoms with van der Waals surface area (Å²) < 4.78 is 38.6. The topological polar surface area (TPSA) is 110 Å². The van der Waals surface area contributed by atoms with Crippen molar-refractivity contribution in [2.75, 3.05) is 6.54 Å². The number of carboxylic acid groups (broad SMARTS) is 1. The van der Waals surface area contributed by atoms with Crippen LogP contribution in [0.4, 0.5) is 0 Å². The molecular weight excluding hydrogens is 382 g/mol. The fourth-order valence-corrected chi connectivity index (χ4v) is 4.26. The Hall–Kier alpha value is -3.10. The van der Waals surface area contributed by atoms with Gasteiger partial charge in [-0.15, -0.1) is 0 Å². The van der Waals surface area contributed by atoms with Gasteiger partial charge in [-0.1, -0.05) is 18.2 Å². The molecule has 2 N–H and O–H groups in total. The van der Waals surface area contributed by atoms with Crippen molar-refractivity contribution in [3.05, 3.63) is 65.6 Å². The lowest BCUT2D eigenvalue weighted by molar-refractivity contribution is 0.0664. The lowest BCUT2D eigenvalue weighted by atomic mass is 10.1. The zero-order valence-corrected chi connectivity index (χ0v) is 15.7. The normalized spacial score (nSPS) is 12.0. The summed E-state index contributed by atoms with van der Waals surface area (Å²) in [5.74, 6) is -1.38. The van der Waals surface area contributed by atoms with Gasteiger partial charge in [-0.3, -0.25) is 0 Å². The first-order valence-electron chi connectivity index (χ1n) is 8.58. The summed E-state index contributed by atoms with van der Waals surface area (Å²) in [4.78, 5) is 11.2. The number of hydrogen-bond donors (Lipinski definition) is 2. The van der Waals surface area contributed by atoms with Crippen LogP contribution in [0.3, 0.4) is 0 Å². The van der Waals surface area contributed by atoms with Crippen LogP contribution in [-0.4, -0.2) is 26.0 Å². The number of carbonyl (C=O) groups is 1. The number of sulfonamides is 1. The van der Waals surface area contributed by atoms with Gasteiger partial charge in [-0.25, -0.2) is 17.9 Å². The Morgan fingerprint density at radius 2 is 1.89 bits per heavy atom. The Morgan fingerprint density at radius 3 is 2.68 bits per heavy atom. The van der Waals surface area contributed by atoms with Crippen molar-refractivity contribution in [2.24, 2.45) is 0 Å². The minimum atomic E-state index is -3.76. The first kappa shape index (κ1) is 18.3. The molecule has 0 aliphatic carbocycles. The van der Waals surface area contributed by atoms with Crippen LogP contribution in [-0.2, 0) is 16.4 Å². The molecule has 0 saturated heterocycles. The Kier molecular flexibility index (Phi) is 4.44. The third-order valence-electron chi connectivity index (χ3n) is 4.66. The number of para-hydroxylation sites is 1.